The van der Waals surface area contributed by atoms with Gasteiger partial charge in [0.05, 0.1) is 7.11 Å². The molecule has 3 N–H and O–H groups in total. The van der Waals surface area contributed by atoms with Crippen molar-refractivity contribution in [2.75, 3.05) is 14.2 Å². The number of rotatable bonds is 6. The summed E-state index contributed by atoms with van der Waals surface area (Å²) < 4.78 is 5.53. The molecular weight excluding hydrogens is 224 g/mol. The normalized spacial score (nSPS) is 14.3. The first-order valence-electron chi connectivity index (χ1n) is 6.57. The molecule has 0 radical (unpaired) electrons. The predicted molar refractivity (Wildman–Crippen MR) is 77.2 cm³/mol. The van der Waals surface area contributed by atoms with Gasteiger partial charge in [0.15, 0.2) is 0 Å². The summed E-state index contributed by atoms with van der Waals surface area (Å²) in [5, 5.41) is 3.37. The summed E-state index contributed by atoms with van der Waals surface area (Å²) in [6, 6.07) is 4.83. The molecule has 2 atom stereocenters. The van der Waals surface area contributed by atoms with Gasteiger partial charge in [-0.15, -0.1) is 0 Å². The van der Waals surface area contributed by atoms with Crippen LogP contribution in [-0.2, 0) is 0 Å². The van der Waals surface area contributed by atoms with Gasteiger partial charge in [-0.25, -0.2) is 0 Å². The Balaban J connectivity index is 3.04. The fourth-order valence-corrected chi connectivity index (χ4v) is 2.42. The van der Waals surface area contributed by atoms with E-state index < -0.39 is 0 Å². The Morgan fingerprint density at radius 1 is 1.28 bits per heavy atom. The number of aryl methyl sites for hydroxylation is 2. The van der Waals surface area contributed by atoms with Crippen molar-refractivity contribution in [3.63, 3.8) is 0 Å². The maximum atomic E-state index is 5.85. The fraction of sp³-hybridized carbons (Fsp3) is 0.600. The Morgan fingerprint density at radius 2 is 1.94 bits per heavy atom. The van der Waals surface area contributed by atoms with Crippen LogP contribution in [0.1, 0.15) is 42.5 Å². The fourth-order valence-electron chi connectivity index (χ4n) is 2.42. The molecule has 0 aliphatic heterocycles. The Bertz CT molecular complexity index is 388. The van der Waals surface area contributed by atoms with Crippen LogP contribution in [-0.4, -0.2) is 20.2 Å². The standard InChI is InChI=1S/C15H26N2O/c1-10-8-11(2)15(14(9-10)18-5)13(17-4)7-6-12(3)16/h8-9,12-13,17H,6-7,16H2,1-5H3. The molecule has 1 aromatic carbocycles. The molecule has 18 heavy (non-hydrogen) atoms. The lowest BCUT2D eigenvalue weighted by Crippen LogP contribution is -2.22. The number of nitrogens with two attached hydrogens (primary N) is 1. The average Bonchev–Trinajstić information content (AvgIpc) is 2.30. The molecule has 1 aromatic rings. The van der Waals surface area contributed by atoms with Crippen molar-refractivity contribution in [3.8, 4) is 5.75 Å². The lowest BCUT2D eigenvalue weighted by Gasteiger charge is -2.23. The van der Waals surface area contributed by atoms with Crippen molar-refractivity contribution in [1.29, 1.82) is 0 Å². The van der Waals surface area contributed by atoms with Crippen LogP contribution in [0, 0.1) is 13.8 Å². The van der Waals surface area contributed by atoms with Crippen LogP contribution in [0.15, 0.2) is 12.1 Å². The van der Waals surface area contributed by atoms with Gasteiger partial charge in [-0.2, -0.15) is 0 Å². The van der Waals surface area contributed by atoms with E-state index in [4.69, 9.17) is 10.5 Å². The first-order chi connectivity index (χ1) is 8.49. The van der Waals surface area contributed by atoms with Crippen LogP contribution < -0.4 is 15.8 Å². The van der Waals surface area contributed by atoms with E-state index in [1.165, 1.54) is 16.7 Å². The summed E-state index contributed by atoms with van der Waals surface area (Å²) in [5.41, 5.74) is 9.61. The minimum absolute atomic E-state index is 0.234. The van der Waals surface area contributed by atoms with Crippen LogP contribution in [0.2, 0.25) is 0 Å². The zero-order valence-electron chi connectivity index (χ0n) is 12.2. The lowest BCUT2D eigenvalue weighted by atomic mass is 9.94. The highest BCUT2D eigenvalue weighted by molar-refractivity contribution is 5.45. The molecule has 0 fully saturated rings. The van der Waals surface area contributed by atoms with Gasteiger partial charge in [0.25, 0.3) is 0 Å². The molecule has 0 aliphatic rings. The maximum Gasteiger partial charge on any atom is 0.124 e. The molecule has 0 spiro atoms. The molecular formula is C15H26N2O. The van der Waals surface area contributed by atoms with Crippen LogP contribution in [0.5, 0.6) is 5.75 Å². The minimum Gasteiger partial charge on any atom is -0.496 e. The molecule has 2 unspecified atom stereocenters. The van der Waals surface area contributed by atoms with Gasteiger partial charge in [0, 0.05) is 17.6 Å². The molecule has 102 valence electrons. The summed E-state index contributed by atoms with van der Waals surface area (Å²) in [6.45, 7) is 6.28. The van der Waals surface area contributed by atoms with E-state index in [1.807, 2.05) is 14.0 Å². The van der Waals surface area contributed by atoms with Gasteiger partial charge in [-0.3, -0.25) is 0 Å². The van der Waals surface area contributed by atoms with Crippen LogP contribution in [0.25, 0.3) is 0 Å². The van der Waals surface area contributed by atoms with Crippen molar-refractivity contribution in [2.24, 2.45) is 5.73 Å². The van der Waals surface area contributed by atoms with Crippen LogP contribution in [0.4, 0.5) is 0 Å². The van der Waals surface area contributed by atoms with Crippen molar-refractivity contribution < 1.29 is 4.74 Å². The summed E-state index contributed by atoms with van der Waals surface area (Å²) in [4.78, 5) is 0. The summed E-state index contributed by atoms with van der Waals surface area (Å²) in [6.07, 6.45) is 2.02. The topological polar surface area (TPSA) is 47.3 Å². The second-order valence-corrected chi connectivity index (χ2v) is 5.09. The highest BCUT2D eigenvalue weighted by Gasteiger charge is 2.17. The second kappa shape index (κ2) is 6.76. The number of hydrogen-bond acceptors (Lipinski definition) is 3. The summed E-state index contributed by atoms with van der Waals surface area (Å²) in [5.74, 6) is 0.969. The van der Waals surface area contributed by atoms with Gasteiger partial charge in [-0.05, 0) is 57.9 Å². The average molecular weight is 250 g/mol. The molecule has 0 bridgehead atoms. The van der Waals surface area contributed by atoms with E-state index in [0.717, 1.165) is 18.6 Å². The van der Waals surface area contributed by atoms with Crippen molar-refractivity contribution in [2.45, 2.75) is 45.7 Å². The Kier molecular flexibility index (Phi) is 5.63. The van der Waals surface area contributed by atoms with E-state index in [2.05, 4.69) is 31.3 Å². The van der Waals surface area contributed by atoms with E-state index in [9.17, 15) is 0 Å². The number of hydrogen-bond donors (Lipinski definition) is 2. The summed E-state index contributed by atoms with van der Waals surface area (Å²) in [7, 11) is 3.72. The van der Waals surface area contributed by atoms with Crippen molar-refractivity contribution in [1.82, 2.24) is 5.32 Å². The monoisotopic (exact) mass is 250 g/mol. The lowest BCUT2D eigenvalue weighted by molar-refractivity contribution is 0.394. The third kappa shape index (κ3) is 3.72. The molecule has 0 aromatic heterocycles. The largest absolute Gasteiger partial charge is 0.496 e. The van der Waals surface area contributed by atoms with Crippen LogP contribution in [0.3, 0.4) is 0 Å². The van der Waals surface area contributed by atoms with Crippen LogP contribution >= 0.6 is 0 Å². The second-order valence-electron chi connectivity index (χ2n) is 5.09. The first kappa shape index (κ1) is 15.0. The number of nitrogens with one attached hydrogen (secondary N) is 1. The molecule has 3 heteroatoms. The smallest absolute Gasteiger partial charge is 0.124 e. The van der Waals surface area contributed by atoms with Gasteiger partial charge in [0.2, 0.25) is 0 Å². The zero-order chi connectivity index (χ0) is 13.7. The number of benzene rings is 1. The molecule has 0 aliphatic carbocycles. The third-order valence-electron chi connectivity index (χ3n) is 3.32. The molecule has 1 rings (SSSR count). The maximum absolute atomic E-state index is 5.85. The Labute approximate surface area is 111 Å². The quantitative estimate of drug-likeness (QED) is 0.816. The molecule has 0 amide bonds. The SMILES string of the molecule is CNC(CCC(C)N)c1c(C)cc(C)cc1OC. The number of methoxy groups -OCH3 is 1. The van der Waals surface area contributed by atoms with Gasteiger partial charge in [-0.1, -0.05) is 6.07 Å². The van der Waals surface area contributed by atoms with Gasteiger partial charge < -0.3 is 15.8 Å². The van der Waals surface area contributed by atoms with E-state index in [0.29, 0.717) is 6.04 Å². The summed E-state index contributed by atoms with van der Waals surface area (Å²) >= 11 is 0. The molecule has 3 nitrogen and oxygen atoms in total. The van der Waals surface area contributed by atoms with Gasteiger partial charge >= 0.3 is 0 Å². The molecule has 0 saturated heterocycles. The zero-order valence-corrected chi connectivity index (χ0v) is 12.2. The van der Waals surface area contributed by atoms with Crippen molar-refractivity contribution in [3.05, 3.63) is 28.8 Å². The third-order valence-corrected chi connectivity index (χ3v) is 3.32. The Hall–Kier alpha value is -1.06. The highest BCUT2D eigenvalue weighted by Crippen LogP contribution is 2.32. The number of ether oxygens (including phenoxy) is 1. The van der Waals surface area contributed by atoms with Gasteiger partial charge in [0.1, 0.15) is 5.75 Å². The Morgan fingerprint density at radius 3 is 2.44 bits per heavy atom. The minimum atomic E-state index is 0.234. The first-order valence-corrected chi connectivity index (χ1v) is 6.57. The molecule has 0 heterocycles. The van der Waals surface area contributed by atoms with E-state index >= 15 is 0 Å². The van der Waals surface area contributed by atoms with E-state index in [1.54, 1.807) is 7.11 Å². The highest BCUT2D eigenvalue weighted by atomic mass is 16.5. The van der Waals surface area contributed by atoms with E-state index in [-0.39, 0.29) is 6.04 Å². The molecule has 0 saturated carbocycles. The predicted octanol–water partition coefficient (Wildman–Crippen LogP) is 2.70. The van der Waals surface area contributed by atoms with Crippen molar-refractivity contribution >= 4 is 0 Å².